The lowest BCUT2D eigenvalue weighted by Gasteiger charge is -2.28. The van der Waals surface area contributed by atoms with Crippen LogP contribution in [0.25, 0.3) is 0 Å². The minimum Gasteiger partial charge on any atom is -0.315 e. The van der Waals surface area contributed by atoms with Gasteiger partial charge in [0.05, 0.1) is 12.6 Å². The molecule has 1 atom stereocenters. The van der Waals surface area contributed by atoms with Crippen molar-refractivity contribution in [2.24, 2.45) is 0 Å². The fourth-order valence-electron chi connectivity index (χ4n) is 2.44. The molecule has 0 aromatic heterocycles. The van der Waals surface area contributed by atoms with Crippen LogP contribution in [-0.2, 0) is 4.79 Å². The summed E-state index contributed by atoms with van der Waals surface area (Å²) >= 11 is 0. The predicted molar refractivity (Wildman–Crippen MR) is 77.2 cm³/mol. The Kier molecular flexibility index (Phi) is 4.39. The second kappa shape index (κ2) is 6.05. The first-order valence-corrected chi connectivity index (χ1v) is 6.85. The summed E-state index contributed by atoms with van der Waals surface area (Å²) < 4.78 is 0. The zero-order chi connectivity index (χ0) is 14.7. The molecule has 0 radical (unpaired) electrons. The highest BCUT2D eigenvalue weighted by Gasteiger charge is 2.36. The first-order valence-electron chi connectivity index (χ1n) is 6.85. The number of urea groups is 1. The van der Waals surface area contributed by atoms with Gasteiger partial charge in [0.2, 0.25) is 5.91 Å². The van der Waals surface area contributed by atoms with E-state index in [0.717, 1.165) is 5.56 Å². The highest BCUT2D eigenvalue weighted by molar-refractivity contribution is 6.02. The largest absolute Gasteiger partial charge is 0.327 e. The van der Waals surface area contributed by atoms with Crippen LogP contribution >= 0.6 is 0 Å². The van der Waals surface area contributed by atoms with Crippen LogP contribution in [0.1, 0.15) is 18.5 Å². The van der Waals surface area contributed by atoms with Crippen LogP contribution in [0.5, 0.6) is 0 Å². The van der Waals surface area contributed by atoms with E-state index >= 15 is 0 Å². The van der Waals surface area contributed by atoms with Gasteiger partial charge in [0.1, 0.15) is 6.54 Å². The summed E-state index contributed by atoms with van der Waals surface area (Å²) in [7, 11) is 3.92. The molecule has 0 N–H and O–H groups in total. The molecule has 108 valence electrons. The van der Waals surface area contributed by atoms with Gasteiger partial charge in [-0.05, 0) is 26.6 Å². The molecule has 1 fully saturated rings. The molecule has 0 bridgehead atoms. The van der Waals surface area contributed by atoms with Crippen molar-refractivity contribution in [3.8, 4) is 0 Å². The van der Waals surface area contributed by atoms with E-state index in [1.165, 1.54) is 4.90 Å². The molecule has 0 aliphatic carbocycles. The van der Waals surface area contributed by atoms with Gasteiger partial charge in [0.25, 0.3) is 0 Å². The lowest BCUT2D eigenvalue weighted by Crippen LogP contribution is -2.39. The number of benzene rings is 1. The number of rotatable bonds is 5. The van der Waals surface area contributed by atoms with Crippen LogP contribution in [0, 0.1) is 0 Å². The Balaban J connectivity index is 2.17. The van der Waals surface area contributed by atoms with Crippen LogP contribution in [0.15, 0.2) is 30.3 Å². The maximum Gasteiger partial charge on any atom is 0.327 e. The van der Waals surface area contributed by atoms with Gasteiger partial charge in [0.15, 0.2) is 0 Å². The lowest BCUT2D eigenvalue weighted by molar-refractivity contribution is -0.125. The number of hydrogen-bond donors (Lipinski definition) is 0. The summed E-state index contributed by atoms with van der Waals surface area (Å²) in [5.74, 6) is -0.111. The Morgan fingerprint density at radius 1 is 1.20 bits per heavy atom. The first-order chi connectivity index (χ1) is 9.54. The highest BCUT2D eigenvalue weighted by atomic mass is 16.2. The Labute approximate surface area is 119 Å². The molecule has 2 rings (SSSR count). The SMILES string of the molecule is CCN1CC(=O)N(CC(c2ccccc2)N(C)C)C1=O. The third kappa shape index (κ3) is 2.82. The third-order valence-electron chi connectivity index (χ3n) is 3.67. The Hall–Kier alpha value is -1.88. The first kappa shape index (κ1) is 14.5. The summed E-state index contributed by atoms with van der Waals surface area (Å²) in [4.78, 5) is 29.1. The standard InChI is InChI=1S/C15H21N3O2/c1-4-17-11-14(19)18(15(17)20)10-13(16(2)3)12-8-6-5-7-9-12/h5-9,13H,4,10-11H2,1-3H3. The second-order valence-corrected chi connectivity index (χ2v) is 5.19. The molecule has 1 saturated heterocycles. The van der Waals surface area contributed by atoms with Crippen LogP contribution in [0.2, 0.25) is 0 Å². The van der Waals surface area contributed by atoms with E-state index in [0.29, 0.717) is 13.1 Å². The molecule has 1 aromatic carbocycles. The summed E-state index contributed by atoms with van der Waals surface area (Å²) in [5.41, 5.74) is 1.10. The molecule has 5 heteroatoms. The van der Waals surface area contributed by atoms with E-state index in [9.17, 15) is 9.59 Å². The van der Waals surface area contributed by atoms with Crippen molar-refractivity contribution in [1.29, 1.82) is 0 Å². The van der Waals surface area contributed by atoms with Gasteiger partial charge in [-0.1, -0.05) is 30.3 Å². The van der Waals surface area contributed by atoms with Crippen LogP contribution < -0.4 is 0 Å². The summed E-state index contributed by atoms with van der Waals surface area (Å²) in [5, 5.41) is 0. The van der Waals surface area contributed by atoms with Crippen LogP contribution in [0.3, 0.4) is 0 Å². The molecule has 3 amide bonds. The van der Waals surface area contributed by atoms with Gasteiger partial charge in [-0.2, -0.15) is 0 Å². The van der Waals surface area contributed by atoms with Gasteiger partial charge in [-0.25, -0.2) is 4.79 Å². The average molecular weight is 275 g/mol. The van der Waals surface area contributed by atoms with E-state index in [-0.39, 0.29) is 24.5 Å². The second-order valence-electron chi connectivity index (χ2n) is 5.19. The van der Waals surface area contributed by atoms with E-state index in [4.69, 9.17) is 0 Å². The Morgan fingerprint density at radius 2 is 1.85 bits per heavy atom. The molecule has 1 aromatic rings. The third-order valence-corrected chi connectivity index (χ3v) is 3.67. The molecule has 20 heavy (non-hydrogen) atoms. The van der Waals surface area contributed by atoms with E-state index in [2.05, 4.69) is 0 Å². The van der Waals surface area contributed by atoms with Crippen molar-refractivity contribution < 1.29 is 9.59 Å². The molecule has 1 unspecified atom stereocenters. The van der Waals surface area contributed by atoms with Gasteiger partial charge in [-0.3, -0.25) is 9.69 Å². The number of nitrogens with zero attached hydrogens (tertiary/aromatic N) is 3. The van der Waals surface area contributed by atoms with E-state index in [1.54, 1.807) is 4.90 Å². The normalized spacial score (nSPS) is 17.2. The summed E-state index contributed by atoms with van der Waals surface area (Å²) in [6.45, 7) is 3.05. The maximum atomic E-state index is 12.1. The molecule has 0 saturated carbocycles. The topological polar surface area (TPSA) is 43.9 Å². The van der Waals surface area contributed by atoms with E-state index < -0.39 is 0 Å². The molecular formula is C15H21N3O2. The van der Waals surface area contributed by atoms with Gasteiger partial charge < -0.3 is 9.80 Å². The predicted octanol–water partition coefficient (Wildman–Crippen LogP) is 1.57. The number of amides is 3. The quantitative estimate of drug-likeness (QED) is 0.766. The molecule has 1 aliphatic heterocycles. The minimum atomic E-state index is -0.180. The fraction of sp³-hybridized carbons (Fsp3) is 0.467. The van der Waals surface area contributed by atoms with Gasteiger partial charge >= 0.3 is 6.03 Å². The zero-order valence-corrected chi connectivity index (χ0v) is 12.2. The Morgan fingerprint density at radius 3 is 2.35 bits per heavy atom. The van der Waals surface area contributed by atoms with E-state index in [1.807, 2.05) is 56.3 Å². The van der Waals surface area contributed by atoms with Crippen molar-refractivity contribution in [2.75, 3.05) is 33.7 Å². The summed E-state index contributed by atoms with van der Waals surface area (Å²) in [6, 6.07) is 9.78. The number of hydrogen-bond acceptors (Lipinski definition) is 3. The molecule has 5 nitrogen and oxygen atoms in total. The highest BCUT2D eigenvalue weighted by Crippen LogP contribution is 2.22. The van der Waals surface area contributed by atoms with Crippen LogP contribution in [0.4, 0.5) is 4.79 Å². The smallest absolute Gasteiger partial charge is 0.315 e. The lowest BCUT2D eigenvalue weighted by atomic mass is 10.1. The van der Waals surface area contributed by atoms with Crippen molar-refractivity contribution in [3.05, 3.63) is 35.9 Å². The van der Waals surface area contributed by atoms with Gasteiger partial charge in [-0.15, -0.1) is 0 Å². The fourth-order valence-corrected chi connectivity index (χ4v) is 2.44. The molecule has 1 heterocycles. The van der Waals surface area contributed by atoms with Crippen molar-refractivity contribution in [3.63, 3.8) is 0 Å². The maximum absolute atomic E-state index is 12.1. The minimum absolute atomic E-state index is 0.0147. The molecular weight excluding hydrogens is 254 g/mol. The number of carbonyl (C=O) groups is 2. The monoisotopic (exact) mass is 275 g/mol. The Bertz CT molecular complexity index is 487. The molecule has 1 aliphatic rings. The molecule has 0 spiro atoms. The number of imide groups is 1. The van der Waals surface area contributed by atoms with Crippen LogP contribution in [-0.4, -0.2) is 60.4 Å². The number of likely N-dealkylation sites (N-methyl/N-ethyl adjacent to an activating group) is 2. The van der Waals surface area contributed by atoms with Crippen molar-refractivity contribution in [1.82, 2.24) is 14.7 Å². The average Bonchev–Trinajstić information content (AvgIpc) is 2.71. The zero-order valence-electron chi connectivity index (χ0n) is 12.2. The number of carbonyl (C=O) groups excluding carboxylic acids is 2. The summed E-state index contributed by atoms with van der Waals surface area (Å²) in [6.07, 6.45) is 0. The van der Waals surface area contributed by atoms with Crippen molar-refractivity contribution >= 4 is 11.9 Å². The van der Waals surface area contributed by atoms with Gasteiger partial charge in [0, 0.05) is 6.54 Å². The van der Waals surface area contributed by atoms with Crippen molar-refractivity contribution in [2.45, 2.75) is 13.0 Å².